The second-order valence-electron chi connectivity index (χ2n) is 4.74. The monoisotopic (exact) mass is 297 g/mol. The van der Waals surface area contributed by atoms with Gasteiger partial charge in [-0.05, 0) is 42.9 Å². The first kappa shape index (κ1) is 12.4. The Bertz CT molecular complexity index is 441. The van der Waals surface area contributed by atoms with Crippen LogP contribution in [0.2, 0.25) is 0 Å². The van der Waals surface area contributed by atoms with Crippen molar-refractivity contribution in [2.75, 3.05) is 11.9 Å². The maximum absolute atomic E-state index is 10.9. The lowest BCUT2D eigenvalue weighted by Gasteiger charge is -2.15. The molecule has 1 fully saturated rings. The highest BCUT2D eigenvalue weighted by atomic mass is 79.9. The molecular weight excluding hydrogens is 282 g/mol. The Morgan fingerprint density at radius 2 is 2.18 bits per heavy atom. The van der Waals surface area contributed by atoms with Crippen LogP contribution in [0.5, 0.6) is 0 Å². The van der Waals surface area contributed by atoms with Gasteiger partial charge >= 0.3 is 5.97 Å². The number of aromatic carboxylic acids is 1. The van der Waals surface area contributed by atoms with Crippen molar-refractivity contribution in [3.63, 3.8) is 0 Å². The second-order valence-corrected chi connectivity index (χ2v) is 5.66. The summed E-state index contributed by atoms with van der Waals surface area (Å²) in [6.45, 7) is 3.14. The van der Waals surface area contributed by atoms with Gasteiger partial charge in [-0.1, -0.05) is 22.9 Å². The van der Waals surface area contributed by atoms with E-state index in [2.05, 4.69) is 28.2 Å². The number of anilines is 1. The van der Waals surface area contributed by atoms with Crippen molar-refractivity contribution in [2.45, 2.75) is 26.2 Å². The smallest absolute Gasteiger partial charge is 0.335 e. The van der Waals surface area contributed by atoms with Crippen LogP contribution in [0.4, 0.5) is 5.69 Å². The van der Waals surface area contributed by atoms with E-state index in [0.717, 1.165) is 16.7 Å². The highest BCUT2D eigenvalue weighted by Gasteiger charge is 2.40. The average Bonchev–Trinajstić information content (AvgIpc) is 3.06. The molecule has 0 aliphatic heterocycles. The van der Waals surface area contributed by atoms with Gasteiger partial charge in [-0.25, -0.2) is 4.79 Å². The van der Waals surface area contributed by atoms with Crippen LogP contribution < -0.4 is 5.32 Å². The van der Waals surface area contributed by atoms with E-state index in [1.807, 2.05) is 6.07 Å². The van der Waals surface area contributed by atoms with Gasteiger partial charge < -0.3 is 10.4 Å². The normalized spacial score (nSPS) is 16.6. The maximum Gasteiger partial charge on any atom is 0.335 e. The SMILES string of the molecule is CCC1(CNc2cc(Br)cc(C(=O)O)c2)CC1. The topological polar surface area (TPSA) is 49.3 Å². The average molecular weight is 298 g/mol. The molecule has 1 aromatic carbocycles. The highest BCUT2D eigenvalue weighted by Crippen LogP contribution is 2.48. The van der Waals surface area contributed by atoms with Crippen molar-refractivity contribution < 1.29 is 9.90 Å². The minimum atomic E-state index is -0.897. The van der Waals surface area contributed by atoms with Gasteiger partial charge in [-0.15, -0.1) is 0 Å². The van der Waals surface area contributed by atoms with Gasteiger partial charge in [-0.2, -0.15) is 0 Å². The zero-order valence-corrected chi connectivity index (χ0v) is 11.4. The summed E-state index contributed by atoms with van der Waals surface area (Å²) in [6.07, 6.45) is 3.73. The molecule has 0 amide bonds. The van der Waals surface area contributed by atoms with Gasteiger partial charge in [0.15, 0.2) is 0 Å². The molecule has 0 unspecified atom stereocenters. The molecule has 1 aliphatic carbocycles. The van der Waals surface area contributed by atoms with Gasteiger partial charge in [0.2, 0.25) is 0 Å². The van der Waals surface area contributed by atoms with E-state index < -0.39 is 5.97 Å². The summed E-state index contributed by atoms with van der Waals surface area (Å²) in [5.74, 6) is -0.897. The highest BCUT2D eigenvalue weighted by molar-refractivity contribution is 9.10. The van der Waals surface area contributed by atoms with Crippen molar-refractivity contribution in [3.8, 4) is 0 Å². The van der Waals surface area contributed by atoms with Crippen molar-refractivity contribution >= 4 is 27.6 Å². The van der Waals surface area contributed by atoms with Gasteiger partial charge in [0.25, 0.3) is 0 Å². The fraction of sp³-hybridized carbons (Fsp3) is 0.462. The molecular formula is C13H16BrNO2. The summed E-state index contributed by atoms with van der Waals surface area (Å²) in [5.41, 5.74) is 1.63. The minimum Gasteiger partial charge on any atom is -0.478 e. The molecule has 0 radical (unpaired) electrons. The fourth-order valence-electron chi connectivity index (χ4n) is 1.94. The van der Waals surface area contributed by atoms with Crippen molar-refractivity contribution in [3.05, 3.63) is 28.2 Å². The van der Waals surface area contributed by atoms with Crippen LogP contribution >= 0.6 is 15.9 Å². The number of carboxylic acids is 1. The quantitative estimate of drug-likeness (QED) is 0.870. The molecule has 1 saturated carbocycles. The number of nitrogens with one attached hydrogen (secondary N) is 1. The molecule has 0 aromatic heterocycles. The summed E-state index contributed by atoms with van der Waals surface area (Å²) in [5, 5.41) is 12.3. The van der Waals surface area contributed by atoms with E-state index in [1.54, 1.807) is 12.1 Å². The third kappa shape index (κ3) is 3.00. The standard InChI is InChI=1S/C13H16BrNO2/c1-2-13(3-4-13)8-15-11-6-9(12(16)17)5-10(14)7-11/h5-7,15H,2-4,8H2,1H3,(H,16,17). The number of hydrogen-bond acceptors (Lipinski definition) is 2. The van der Waals surface area contributed by atoms with E-state index in [4.69, 9.17) is 5.11 Å². The number of carboxylic acid groups (broad SMARTS) is 1. The number of hydrogen-bond donors (Lipinski definition) is 2. The molecule has 0 spiro atoms. The molecule has 0 bridgehead atoms. The summed E-state index contributed by atoms with van der Waals surface area (Å²) in [7, 11) is 0. The van der Waals surface area contributed by atoms with Gasteiger partial charge in [0.1, 0.15) is 0 Å². The second kappa shape index (κ2) is 4.69. The largest absolute Gasteiger partial charge is 0.478 e. The summed E-state index contributed by atoms with van der Waals surface area (Å²) >= 11 is 3.33. The molecule has 2 N–H and O–H groups in total. The molecule has 3 nitrogen and oxygen atoms in total. The first-order chi connectivity index (χ1) is 8.04. The first-order valence-electron chi connectivity index (χ1n) is 5.82. The predicted molar refractivity (Wildman–Crippen MR) is 71.5 cm³/mol. The third-order valence-electron chi connectivity index (χ3n) is 3.52. The van der Waals surface area contributed by atoms with Crippen LogP contribution in [0.25, 0.3) is 0 Å². The Morgan fingerprint density at radius 3 is 2.71 bits per heavy atom. The summed E-state index contributed by atoms with van der Waals surface area (Å²) < 4.78 is 0.793. The Morgan fingerprint density at radius 1 is 1.47 bits per heavy atom. The molecule has 1 aliphatic rings. The number of halogens is 1. The van der Waals surface area contributed by atoms with Crippen LogP contribution in [0.3, 0.4) is 0 Å². The summed E-state index contributed by atoms with van der Waals surface area (Å²) in [6, 6.07) is 5.21. The molecule has 4 heteroatoms. The Balaban J connectivity index is 2.07. The van der Waals surface area contributed by atoms with Crippen LogP contribution in [-0.2, 0) is 0 Å². The Labute approximate surface area is 109 Å². The summed E-state index contributed by atoms with van der Waals surface area (Å²) in [4.78, 5) is 10.9. The van der Waals surface area contributed by atoms with Crippen LogP contribution in [0.1, 0.15) is 36.5 Å². The molecule has 0 atom stereocenters. The lowest BCUT2D eigenvalue weighted by molar-refractivity contribution is 0.0697. The van der Waals surface area contributed by atoms with Crippen molar-refractivity contribution in [1.29, 1.82) is 0 Å². The van der Waals surface area contributed by atoms with Crippen LogP contribution in [0.15, 0.2) is 22.7 Å². The van der Waals surface area contributed by atoms with E-state index >= 15 is 0 Å². The molecule has 0 heterocycles. The van der Waals surface area contributed by atoms with Crippen LogP contribution in [0, 0.1) is 5.41 Å². The fourth-order valence-corrected chi connectivity index (χ4v) is 2.43. The Kier molecular flexibility index (Phi) is 3.43. The zero-order chi connectivity index (χ0) is 12.5. The zero-order valence-electron chi connectivity index (χ0n) is 9.79. The van der Waals surface area contributed by atoms with Crippen molar-refractivity contribution in [1.82, 2.24) is 0 Å². The van der Waals surface area contributed by atoms with Gasteiger partial charge in [0.05, 0.1) is 5.56 Å². The number of carbonyl (C=O) groups is 1. The lowest BCUT2D eigenvalue weighted by Crippen LogP contribution is -2.14. The lowest BCUT2D eigenvalue weighted by atomic mass is 10.0. The molecule has 2 rings (SSSR count). The maximum atomic E-state index is 10.9. The van der Waals surface area contributed by atoms with Gasteiger partial charge in [-0.3, -0.25) is 0 Å². The first-order valence-corrected chi connectivity index (χ1v) is 6.62. The van der Waals surface area contributed by atoms with E-state index in [-0.39, 0.29) is 0 Å². The van der Waals surface area contributed by atoms with Gasteiger partial charge in [0, 0.05) is 16.7 Å². The van der Waals surface area contributed by atoms with Crippen molar-refractivity contribution in [2.24, 2.45) is 5.41 Å². The Hall–Kier alpha value is -1.03. The predicted octanol–water partition coefficient (Wildman–Crippen LogP) is 3.75. The number of benzene rings is 1. The van der Waals surface area contributed by atoms with E-state index in [0.29, 0.717) is 11.0 Å². The van der Waals surface area contributed by atoms with E-state index in [9.17, 15) is 4.79 Å². The molecule has 1 aromatic rings. The molecule has 0 saturated heterocycles. The number of rotatable bonds is 5. The third-order valence-corrected chi connectivity index (χ3v) is 3.98. The van der Waals surface area contributed by atoms with Crippen LogP contribution in [-0.4, -0.2) is 17.6 Å². The van der Waals surface area contributed by atoms with E-state index in [1.165, 1.54) is 19.3 Å². The molecule has 92 valence electrons. The minimum absolute atomic E-state index is 0.309. The molecule has 17 heavy (non-hydrogen) atoms.